The quantitative estimate of drug-likeness (QED) is 0.0232. The lowest BCUT2D eigenvalue weighted by Gasteiger charge is -2.36. The molecule has 2 aliphatic rings. The maximum atomic E-state index is 13.5. The molecule has 0 unspecified atom stereocenters. The Labute approximate surface area is 559 Å². The molecule has 0 aliphatic heterocycles. The second-order valence-corrected chi connectivity index (χ2v) is 24.1. The number of nitrogens with one attached hydrogen (secondary N) is 8. The minimum atomic E-state index is -1.19. The zero-order valence-corrected chi connectivity index (χ0v) is 57.1. The Morgan fingerprint density at radius 3 is 1.21 bits per heavy atom. The second kappa shape index (κ2) is 48.4. The lowest BCUT2D eigenvalue weighted by atomic mass is 9.80. The number of carboxylic acids is 2. The zero-order valence-electron chi connectivity index (χ0n) is 57.1. The zero-order chi connectivity index (χ0) is 70.7. The van der Waals surface area contributed by atoms with Crippen LogP contribution in [0.1, 0.15) is 164 Å². The fourth-order valence-electron chi connectivity index (χ4n) is 12.2. The molecule has 544 valence electrons. The number of aliphatic carboxylic acids is 2. The first-order chi connectivity index (χ1) is 45.4. The molecule has 32 heteroatoms. The molecule has 0 heterocycles. The van der Waals surface area contributed by atoms with Gasteiger partial charge < -0.3 is 104 Å². The second-order valence-electron chi connectivity index (χ2n) is 24.1. The van der Waals surface area contributed by atoms with E-state index in [0.717, 1.165) is 6.42 Å². The Morgan fingerprint density at radius 1 is 0.463 bits per heavy atom. The maximum absolute atomic E-state index is 13.5. The molecule has 0 aromatic carbocycles. The average Bonchev–Trinajstić information content (AvgIpc) is 1.65. The van der Waals surface area contributed by atoms with Crippen molar-refractivity contribution in [2.45, 2.75) is 206 Å². The van der Waals surface area contributed by atoms with Crippen LogP contribution in [0.25, 0.3) is 0 Å². The molecule has 8 amide bonds. The van der Waals surface area contributed by atoms with E-state index >= 15 is 0 Å². The number of ether oxygens (including phenoxy) is 6. The number of carbonyl (C=O) groups excluding carboxylic acids is 8. The number of nitrogens with zero attached hydrogens (tertiary/aromatic N) is 2. The van der Waals surface area contributed by atoms with Crippen LogP contribution in [0.4, 0.5) is 9.59 Å². The molecule has 0 radical (unpaired) electrons. The number of hydrogen-bond acceptors (Lipinski definition) is 18. The van der Waals surface area contributed by atoms with Gasteiger partial charge in [0.2, 0.25) is 35.4 Å². The van der Waals surface area contributed by atoms with Crippen molar-refractivity contribution in [1.29, 1.82) is 0 Å². The molecule has 95 heavy (non-hydrogen) atoms. The molecule has 2 aliphatic carbocycles. The van der Waals surface area contributed by atoms with Crippen LogP contribution in [0.15, 0.2) is 9.98 Å². The highest BCUT2D eigenvalue weighted by Crippen LogP contribution is 2.43. The molecule has 2 fully saturated rings. The highest BCUT2D eigenvalue weighted by atomic mass is 16.6. The lowest BCUT2D eigenvalue weighted by Crippen LogP contribution is -2.52. The van der Waals surface area contributed by atoms with Gasteiger partial charge in [-0.25, -0.2) is 19.6 Å². The molecule has 0 bridgehead atoms. The maximum Gasteiger partial charge on any atom is 0.407 e. The molecule has 0 aromatic heterocycles. The summed E-state index contributed by atoms with van der Waals surface area (Å²) < 4.78 is 33.5. The first-order valence-electron chi connectivity index (χ1n) is 33.9. The van der Waals surface area contributed by atoms with Gasteiger partial charge in [-0.2, -0.15) is 0 Å². The van der Waals surface area contributed by atoms with Gasteiger partial charge in [-0.05, 0) is 63.2 Å². The molecular formula is C63H114N14O18. The number of carbonyl (C=O) groups is 10. The number of unbranched alkanes of at least 4 members (excludes halogenated alkanes) is 6. The smallest absolute Gasteiger partial charge is 0.407 e. The van der Waals surface area contributed by atoms with Crippen LogP contribution in [-0.4, -0.2) is 210 Å². The van der Waals surface area contributed by atoms with Crippen molar-refractivity contribution in [2.75, 3.05) is 85.6 Å². The van der Waals surface area contributed by atoms with Crippen LogP contribution in [0.3, 0.4) is 0 Å². The van der Waals surface area contributed by atoms with Crippen molar-refractivity contribution in [3.8, 4) is 0 Å². The molecule has 11 atom stereocenters. The largest absolute Gasteiger partial charge is 0.481 e. The molecule has 0 spiro atoms. The van der Waals surface area contributed by atoms with Gasteiger partial charge in [-0.3, -0.25) is 38.4 Å². The molecule has 0 saturated heterocycles. The Bertz CT molecular complexity index is 2390. The molecular weight excluding hydrogens is 1240 g/mol. The van der Waals surface area contributed by atoms with E-state index in [2.05, 4.69) is 52.5 Å². The average molecular weight is 1360 g/mol. The molecule has 18 N–H and O–H groups in total. The number of amides is 8. The van der Waals surface area contributed by atoms with Gasteiger partial charge in [0, 0.05) is 83.4 Å². The third-order valence-electron chi connectivity index (χ3n) is 16.9. The van der Waals surface area contributed by atoms with Gasteiger partial charge in [0.25, 0.3) is 0 Å². The highest BCUT2D eigenvalue weighted by Gasteiger charge is 2.55. The number of carboxylic acid groups (broad SMARTS) is 2. The number of aliphatic imine (C=N–C) groups is 2. The monoisotopic (exact) mass is 1350 g/mol. The van der Waals surface area contributed by atoms with Gasteiger partial charge in [0.1, 0.15) is 18.2 Å². The van der Waals surface area contributed by atoms with E-state index in [1.807, 2.05) is 34.6 Å². The summed E-state index contributed by atoms with van der Waals surface area (Å²) in [6.07, 6.45) is 4.12. The number of nitrogens with two attached hydrogens (primary N) is 4. The summed E-state index contributed by atoms with van der Waals surface area (Å²) in [6.45, 7) is 16.0. The first-order valence-corrected chi connectivity index (χ1v) is 33.9. The summed E-state index contributed by atoms with van der Waals surface area (Å²) in [5.74, 6) is -9.47. The van der Waals surface area contributed by atoms with Gasteiger partial charge in [0.05, 0.1) is 76.7 Å². The van der Waals surface area contributed by atoms with Gasteiger partial charge in [0.15, 0.2) is 11.9 Å². The summed E-state index contributed by atoms with van der Waals surface area (Å²) in [5.41, 5.74) is 23.0. The van der Waals surface area contributed by atoms with Crippen LogP contribution in [-0.2, 0) is 66.8 Å². The summed E-state index contributed by atoms with van der Waals surface area (Å²) >= 11 is 0. The van der Waals surface area contributed by atoms with E-state index in [1.165, 1.54) is 13.8 Å². The highest BCUT2D eigenvalue weighted by molar-refractivity contribution is 5.91. The Hall–Kier alpha value is -7.32. The van der Waals surface area contributed by atoms with Crippen LogP contribution >= 0.6 is 0 Å². The Balaban J connectivity index is 1.90. The Morgan fingerprint density at radius 2 is 0.842 bits per heavy atom. The van der Waals surface area contributed by atoms with E-state index in [-0.39, 0.29) is 113 Å². The molecule has 32 nitrogen and oxygen atoms in total. The predicted molar refractivity (Wildman–Crippen MR) is 353 cm³/mol. The summed E-state index contributed by atoms with van der Waals surface area (Å²) in [7, 11) is 0. The van der Waals surface area contributed by atoms with E-state index in [4.69, 9.17) is 51.4 Å². The molecule has 0 aromatic rings. The van der Waals surface area contributed by atoms with E-state index < -0.39 is 114 Å². The molecule has 2 saturated carbocycles. The van der Waals surface area contributed by atoms with Crippen molar-refractivity contribution >= 4 is 71.5 Å². The van der Waals surface area contributed by atoms with Crippen molar-refractivity contribution < 1.29 is 86.6 Å². The minimum absolute atomic E-state index is 0.00317. The third-order valence-corrected chi connectivity index (χ3v) is 16.9. The van der Waals surface area contributed by atoms with Crippen molar-refractivity contribution in [1.82, 2.24) is 42.5 Å². The summed E-state index contributed by atoms with van der Waals surface area (Å²) in [4.78, 5) is 137. The number of hydrogen-bond donors (Lipinski definition) is 14. The van der Waals surface area contributed by atoms with Crippen molar-refractivity contribution in [2.24, 2.45) is 68.4 Å². The topological polar surface area (TPSA) is 492 Å². The van der Waals surface area contributed by atoms with Crippen LogP contribution in [0, 0.1) is 35.5 Å². The fraction of sp³-hybridized carbons (Fsp3) is 0.810. The normalized spacial score (nSPS) is 19.9. The lowest BCUT2D eigenvalue weighted by molar-refractivity contribution is -0.146. The minimum Gasteiger partial charge on any atom is -0.481 e. The van der Waals surface area contributed by atoms with Gasteiger partial charge >= 0.3 is 24.1 Å². The SMILES string of the molecule is CCCOCCOCCOCCOCCC(=O)N[C@H](CCC(=O)NCCCCCCNC(=O)O[C@H]1[C@@H]([C@@H](NC(C)=O)C(CC)CC)[C@H](N=C(N)N)C[C@@H]1C(=O)O)C(=O)NCC(=O)NCCCCCCNC(=O)O[C@H]1[C@@H]([C@@H](NC(C)=O)C(CC)CC)[C@H](N=C(N)N)C[C@@H]1C(=O)O. The third kappa shape index (κ3) is 33.8. The Kier molecular flexibility index (Phi) is 42.7. The van der Waals surface area contributed by atoms with E-state index in [1.54, 1.807) is 0 Å². The van der Waals surface area contributed by atoms with Crippen LogP contribution < -0.4 is 65.5 Å². The van der Waals surface area contributed by atoms with Gasteiger partial charge in [-0.1, -0.05) is 86.0 Å². The summed E-state index contributed by atoms with van der Waals surface area (Å²) in [5, 5.41) is 42.4. The summed E-state index contributed by atoms with van der Waals surface area (Å²) in [6, 6.07) is -3.79. The molecule has 2 rings (SSSR count). The van der Waals surface area contributed by atoms with Crippen molar-refractivity contribution in [3.63, 3.8) is 0 Å². The number of guanidine groups is 2. The number of rotatable bonds is 51. The van der Waals surface area contributed by atoms with E-state index in [9.17, 15) is 58.2 Å². The van der Waals surface area contributed by atoms with E-state index in [0.29, 0.717) is 117 Å². The van der Waals surface area contributed by atoms with Crippen LogP contribution in [0.5, 0.6) is 0 Å². The van der Waals surface area contributed by atoms with Crippen LogP contribution in [0.2, 0.25) is 0 Å². The van der Waals surface area contributed by atoms with Crippen molar-refractivity contribution in [3.05, 3.63) is 0 Å². The first kappa shape index (κ1) is 83.8. The fourth-order valence-corrected chi connectivity index (χ4v) is 12.2. The predicted octanol–water partition coefficient (Wildman–Crippen LogP) is 1.38. The number of alkyl carbamates (subject to hydrolysis) is 2. The standard InChI is InChI=1S/C63H114N14O18/c1-8-28-90-30-32-92-34-35-93-33-31-91-29-23-49(81)75-45(21-22-48(80)68-24-17-13-15-19-26-70-62(88)94-55-43(58(84)85)36-46(76-60(64)65)51(55)53(73-39(6)78)41(9-2)10-3)57(83)72-38-50(82)69-25-18-14-16-20-27-71-63(89)95-56-44(59(86)87)37-47(77-61(66)67)52(56)54(74-40(7)79)42(11-4)12-5/h41-47,51-56H,8-38H2,1-7H3,(H,68,80)(H,69,82)(H,70,88)(H,71,89)(H,72,83)(H,73,78)(H,74,79)(H,75,81)(H,84,85)(H,86,87)(H4,64,65,76)(H4,66,67,77)/t43-,44-,45+,46+,47+,51+,52+,53-,54-,55+,56+/m0/s1. The van der Waals surface area contributed by atoms with Gasteiger partial charge in [-0.15, -0.1) is 0 Å².